The van der Waals surface area contributed by atoms with E-state index in [-0.39, 0.29) is 17.2 Å². The Balaban J connectivity index is 2.11. The summed E-state index contributed by atoms with van der Waals surface area (Å²) in [7, 11) is 1.44. The molecule has 0 bridgehead atoms. The number of alkyl halides is 4. The van der Waals surface area contributed by atoms with Crippen molar-refractivity contribution < 1.29 is 27.4 Å². The highest BCUT2D eigenvalue weighted by Gasteiger charge is 2.32. The van der Waals surface area contributed by atoms with Crippen molar-refractivity contribution in [2.24, 2.45) is 0 Å². The van der Waals surface area contributed by atoms with Crippen LogP contribution in [0.15, 0.2) is 36.5 Å². The molecule has 0 aliphatic carbocycles. The molecule has 0 saturated heterocycles. The van der Waals surface area contributed by atoms with Gasteiger partial charge in [0.25, 0.3) is 0 Å². The summed E-state index contributed by atoms with van der Waals surface area (Å²) in [5.41, 5.74) is -0.0188. The molecule has 2 aromatic rings. The van der Waals surface area contributed by atoms with Gasteiger partial charge in [0.15, 0.2) is 17.3 Å². The third-order valence-electron chi connectivity index (χ3n) is 3.32. The van der Waals surface area contributed by atoms with Crippen LogP contribution in [0.1, 0.15) is 28.5 Å². The Kier molecular flexibility index (Phi) is 6.05. The molecule has 1 atom stereocenters. The van der Waals surface area contributed by atoms with E-state index >= 15 is 0 Å². The minimum atomic E-state index is -4.47. The number of carbonyl (C=O) groups excluding carboxylic acids is 1. The fraction of sp³-hybridized carbons (Fsp3) is 0.294. The number of aromatic nitrogens is 1. The van der Waals surface area contributed by atoms with E-state index in [2.05, 4.69) is 20.9 Å². The lowest BCUT2D eigenvalue weighted by molar-refractivity contribution is -0.141. The van der Waals surface area contributed by atoms with Gasteiger partial charge in [-0.2, -0.15) is 13.2 Å². The number of hydrogen-bond acceptors (Lipinski definition) is 4. The molecule has 1 aromatic heterocycles. The summed E-state index contributed by atoms with van der Waals surface area (Å²) >= 11 is 3.21. The first kappa shape index (κ1) is 19.2. The Labute approximate surface area is 151 Å². The molecular formula is C17H15BrF3NO3. The van der Waals surface area contributed by atoms with Crippen LogP contribution in [0.3, 0.4) is 0 Å². The Morgan fingerprint density at radius 2 is 1.96 bits per heavy atom. The Bertz CT molecular complexity index is 746. The number of methoxy groups -OCH3 is 1. The minimum absolute atomic E-state index is 0.0175. The molecule has 2 rings (SSSR count). The van der Waals surface area contributed by atoms with Gasteiger partial charge < -0.3 is 9.47 Å². The summed E-state index contributed by atoms with van der Waals surface area (Å²) in [4.78, 5) is 15.0. The first-order valence-electron chi connectivity index (χ1n) is 7.23. The predicted molar refractivity (Wildman–Crippen MR) is 89.3 cm³/mol. The van der Waals surface area contributed by atoms with Crippen LogP contribution in [0.5, 0.6) is 11.5 Å². The second-order valence-corrected chi connectivity index (χ2v) is 6.56. The topological polar surface area (TPSA) is 48.4 Å². The van der Waals surface area contributed by atoms with Crippen molar-refractivity contribution in [1.82, 2.24) is 4.98 Å². The zero-order valence-corrected chi connectivity index (χ0v) is 15.0. The normalized spacial score (nSPS) is 12.6. The molecule has 1 heterocycles. The smallest absolute Gasteiger partial charge is 0.433 e. The summed E-state index contributed by atoms with van der Waals surface area (Å²) < 4.78 is 48.2. The molecule has 25 heavy (non-hydrogen) atoms. The van der Waals surface area contributed by atoms with E-state index < -0.39 is 11.9 Å². The zero-order valence-electron chi connectivity index (χ0n) is 13.4. The number of halogens is 4. The first-order chi connectivity index (χ1) is 11.7. The summed E-state index contributed by atoms with van der Waals surface area (Å²) in [5.74, 6) is 0.636. The molecule has 0 fully saturated rings. The van der Waals surface area contributed by atoms with Gasteiger partial charge in [-0.15, -0.1) is 0 Å². The molecule has 0 aliphatic heterocycles. The summed E-state index contributed by atoms with van der Waals surface area (Å²) in [6, 6.07) is 6.93. The average molecular weight is 418 g/mol. The Morgan fingerprint density at radius 3 is 2.48 bits per heavy atom. The molecular weight excluding hydrogens is 403 g/mol. The number of hydrogen-bond donors (Lipinski definition) is 0. The van der Waals surface area contributed by atoms with Gasteiger partial charge in [0.1, 0.15) is 12.3 Å². The molecule has 134 valence electrons. The molecule has 0 saturated carbocycles. The van der Waals surface area contributed by atoms with E-state index in [1.807, 2.05) is 0 Å². The number of ether oxygens (including phenoxy) is 2. The van der Waals surface area contributed by atoms with Crippen LogP contribution >= 0.6 is 15.9 Å². The van der Waals surface area contributed by atoms with Crippen LogP contribution in [-0.4, -0.2) is 22.7 Å². The van der Waals surface area contributed by atoms with Crippen LogP contribution in [0.4, 0.5) is 13.2 Å². The third-order valence-corrected chi connectivity index (χ3v) is 3.73. The van der Waals surface area contributed by atoms with E-state index in [1.165, 1.54) is 13.2 Å². The lowest BCUT2D eigenvalue weighted by Gasteiger charge is -2.13. The number of nitrogens with zero attached hydrogens (tertiary/aromatic N) is 1. The van der Waals surface area contributed by atoms with Crippen molar-refractivity contribution >= 4 is 21.7 Å². The van der Waals surface area contributed by atoms with Crippen molar-refractivity contribution in [3.05, 3.63) is 53.3 Å². The summed E-state index contributed by atoms with van der Waals surface area (Å²) in [6.45, 7) is 1.74. The number of Topliss-reactive ketones (excluding diaryl/α,β-unsaturated/α-hetero) is 1. The maximum atomic E-state index is 12.5. The van der Waals surface area contributed by atoms with E-state index in [0.29, 0.717) is 22.6 Å². The van der Waals surface area contributed by atoms with Gasteiger partial charge in [-0.3, -0.25) is 9.78 Å². The van der Waals surface area contributed by atoms with E-state index in [4.69, 9.17) is 9.47 Å². The minimum Gasteiger partial charge on any atom is -0.493 e. The van der Waals surface area contributed by atoms with Crippen molar-refractivity contribution in [1.29, 1.82) is 0 Å². The number of benzene rings is 1. The van der Waals surface area contributed by atoms with Crippen LogP contribution in [0.25, 0.3) is 0 Å². The molecule has 1 unspecified atom stereocenters. The first-order valence-corrected chi connectivity index (χ1v) is 8.15. The second-order valence-electron chi connectivity index (χ2n) is 5.18. The van der Waals surface area contributed by atoms with Crippen LogP contribution < -0.4 is 9.47 Å². The number of ketones is 1. The lowest BCUT2D eigenvalue weighted by Crippen LogP contribution is -2.10. The maximum Gasteiger partial charge on any atom is 0.433 e. The van der Waals surface area contributed by atoms with Crippen LogP contribution in [0.2, 0.25) is 0 Å². The Hall–Kier alpha value is -2.09. The second kappa shape index (κ2) is 7.86. The summed E-state index contributed by atoms with van der Waals surface area (Å²) in [5, 5.41) is 0. The number of carbonyl (C=O) groups is 1. The van der Waals surface area contributed by atoms with Crippen molar-refractivity contribution in [2.45, 2.75) is 24.5 Å². The SMILES string of the molecule is COc1cc(C(=O)C(C)Br)ccc1OCc1ccc(C(F)(F)F)nc1. The number of pyridine rings is 1. The van der Waals surface area contributed by atoms with Gasteiger partial charge in [0.05, 0.1) is 11.9 Å². The standard InChI is InChI=1S/C17H15BrF3NO3/c1-10(18)16(23)12-4-5-13(14(7-12)24-2)25-9-11-3-6-15(22-8-11)17(19,20)21/h3-8,10H,9H2,1-2H3. The third kappa shape index (κ3) is 4.94. The Morgan fingerprint density at radius 1 is 1.24 bits per heavy atom. The van der Waals surface area contributed by atoms with Gasteiger partial charge in [-0.1, -0.05) is 22.0 Å². The highest BCUT2D eigenvalue weighted by molar-refractivity contribution is 9.10. The quantitative estimate of drug-likeness (QED) is 0.506. The van der Waals surface area contributed by atoms with Crippen LogP contribution in [0, 0.1) is 0 Å². The molecule has 0 aliphatic rings. The fourth-order valence-electron chi connectivity index (χ4n) is 2.01. The molecule has 0 spiro atoms. The van der Waals surface area contributed by atoms with E-state index in [1.54, 1.807) is 25.1 Å². The van der Waals surface area contributed by atoms with Gasteiger partial charge in [-0.25, -0.2) is 0 Å². The molecule has 0 radical (unpaired) electrons. The van der Waals surface area contributed by atoms with Gasteiger partial charge in [0.2, 0.25) is 0 Å². The zero-order chi connectivity index (χ0) is 18.6. The van der Waals surface area contributed by atoms with E-state index in [0.717, 1.165) is 12.3 Å². The van der Waals surface area contributed by atoms with Crippen molar-refractivity contribution in [3.8, 4) is 11.5 Å². The molecule has 8 heteroatoms. The van der Waals surface area contributed by atoms with Gasteiger partial charge in [0, 0.05) is 17.3 Å². The van der Waals surface area contributed by atoms with Crippen molar-refractivity contribution in [2.75, 3.05) is 7.11 Å². The van der Waals surface area contributed by atoms with Crippen LogP contribution in [-0.2, 0) is 12.8 Å². The van der Waals surface area contributed by atoms with Gasteiger partial charge in [-0.05, 0) is 31.2 Å². The molecule has 0 N–H and O–H groups in total. The molecule has 4 nitrogen and oxygen atoms in total. The molecule has 0 amide bonds. The highest BCUT2D eigenvalue weighted by Crippen LogP contribution is 2.30. The summed E-state index contributed by atoms with van der Waals surface area (Å²) in [6.07, 6.45) is -3.36. The largest absolute Gasteiger partial charge is 0.493 e. The fourth-order valence-corrected chi connectivity index (χ4v) is 2.27. The number of rotatable bonds is 6. The predicted octanol–water partition coefficient (Wildman–Crippen LogP) is 4.65. The highest BCUT2D eigenvalue weighted by atomic mass is 79.9. The maximum absolute atomic E-state index is 12.5. The van der Waals surface area contributed by atoms with E-state index in [9.17, 15) is 18.0 Å². The molecule has 1 aromatic carbocycles. The van der Waals surface area contributed by atoms with Gasteiger partial charge >= 0.3 is 6.18 Å². The lowest BCUT2D eigenvalue weighted by atomic mass is 10.1. The average Bonchev–Trinajstić information content (AvgIpc) is 2.58. The van der Waals surface area contributed by atoms with Crippen molar-refractivity contribution in [3.63, 3.8) is 0 Å². The monoisotopic (exact) mass is 417 g/mol.